The number of nitrogens with zero attached hydrogens (tertiary/aromatic N) is 2. The minimum absolute atomic E-state index is 0. The molecule has 6 nitrogen and oxygen atoms in total. The fourth-order valence-corrected chi connectivity index (χ4v) is 3.07. The van der Waals surface area contributed by atoms with Crippen molar-refractivity contribution in [1.29, 1.82) is 0 Å². The molecule has 172 valence electrons. The van der Waals surface area contributed by atoms with Gasteiger partial charge in [-0.25, -0.2) is 0 Å². The molecule has 0 unspecified atom stereocenters. The number of anilines is 1. The fraction of sp³-hybridized carbons (Fsp3) is 0.458. The number of methoxy groups -OCH3 is 1. The summed E-state index contributed by atoms with van der Waals surface area (Å²) in [6.45, 7) is 11.4. The van der Waals surface area contributed by atoms with E-state index in [1.807, 2.05) is 62.4 Å². The van der Waals surface area contributed by atoms with Crippen LogP contribution in [0, 0.1) is 0 Å². The van der Waals surface area contributed by atoms with Crippen LogP contribution in [0.2, 0.25) is 0 Å². The average molecular weight is 451 g/mol. The second-order valence-corrected chi connectivity index (χ2v) is 7.20. The van der Waals surface area contributed by atoms with E-state index in [0.29, 0.717) is 12.3 Å². The second kappa shape index (κ2) is 13.8. The van der Waals surface area contributed by atoms with Crippen molar-refractivity contribution >= 4 is 24.0 Å². The van der Waals surface area contributed by atoms with Gasteiger partial charge in [0, 0.05) is 24.8 Å². The molecule has 0 radical (unpaired) electrons. The summed E-state index contributed by atoms with van der Waals surface area (Å²) in [4.78, 5) is 17.1. The highest BCUT2D eigenvalue weighted by molar-refractivity contribution is 5.94. The van der Waals surface area contributed by atoms with E-state index in [0.717, 1.165) is 36.8 Å². The van der Waals surface area contributed by atoms with Crippen molar-refractivity contribution < 1.29 is 19.0 Å². The lowest BCUT2D eigenvalue weighted by Crippen LogP contribution is -2.41. The first-order valence-corrected chi connectivity index (χ1v) is 10.5. The molecule has 0 aliphatic carbocycles. The van der Waals surface area contributed by atoms with E-state index in [9.17, 15) is 4.79 Å². The molecule has 0 spiro atoms. The van der Waals surface area contributed by atoms with E-state index in [4.69, 9.17) is 14.2 Å². The van der Waals surface area contributed by atoms with Crippen molar-refractivity contribution in [3.8, 4) is 17.2 Å². The Morgan fingerprint density at radius 2 is 1.58 bits per heavy atom. The Labute approximate surface area is 192 Å². The van der Waals surface area contributed by atoms with E-state index < -0.39 is 0 Å². The second-order valence-electron chi connectivity index (χ2n) is 7.20. The molecule has 0 heterocycles. The molecule has 0 aromatic heterocycles. The van der Waals surface area contributed by atoms with Gasteiger partial charge in [-0.05, 0) is 63.3 Å². The minimum Gasteiger partial charge on any atom is -0.497 e. The summed E-state index contributed by atoms with van der Waals surface area (Å²) in [7, 11) is 1.62. The van der Waals surface area contributed by atoms with Gasteiger partial charge < -0.3 is 24.0 Å². The van der Waals surface area contributed by atoms with Crippen molar-refractivity contribution in [2.75, 3.05) is 44.8 Å². The Balaban J connectivity index is 0.00000480. The SMILES string of the molecule is CCN(CC)CCN(C(=O)COc1ccc(OC(C)C)cc1)c1cccc(OC)c1.Cl. The van der Waals surface area contributed by atoms with Crippen molar-refractivity contribution in [3.63, 3.8) is 0 Å². The summed E-state index contributed by atoms with van der Waals surface area (Å²) in [6.07, 6.45) is 0.112. The number of rotatable bonds is 12. The van der Waals surface area contributed by atoms with Crippen molar-refractivity contribution in [1.82, 2.24) is 4.90 Å². The van der Waals surface area contributed by atoms with Gasteiger partial charge in [0.25, 0.3) is 5.91 Å². The van der Waals surface area contributed by atoms with Crippen LogP contribution in [-0.4, -0.2) is 56.8 Å². The van der Waals surface area contributed by atoms with Gasteiger partial charge in [0.2, 0.25) is 0 Å². The molecule has 0 fully saturated rings. The van der Waals surface area contributed by atoms with Crippen molar-refractivity contribution in [3.05, 3.63) is 48.5 Å². The predicted molar refractivity (Wildman–Crippen MR) is 128 cm³/mol. The molecule has 0 saturated carbocycles. The van der Waals surface area contributed by atoms with Gasteiger partial charge in [-0.2, -0.15) is 0 Å². The maximum absolute atomic E-state index is 13.0. The molecule has 0 aliphatic rings. The summed E-state index contributed by atoms with van der Waals surface area (Å²) in [5, 5.41) is 0. The van der Waals surface area contributed by atoms with Crippen molar-refractivity contribution in [2.45, 2.75) is 33.8 Å². The monoisotopic (exact) mass is 450 g/mol. The number of hydrogen-bond donors (Lipinski definition) is 0. The van der Waals surface area contributed by atoms with Gasteiger partial charge in [-0.1, -0.05) is 19.9 Å². The number of likely N-dealkylation sites (N-methyl/N-ethyl adjacent to an activating group) is 1. The fourth-order valence-electron chi connectivity index (χ4n) is 3.07. The average Bonchev–Trinajstić information content (AvgIpc) is 2.76. The Bertz CT molecular complexity index is 779. The van der Waals surface area contributed by atoms with Gasteiger partial charge in [0.05, 0.1) is 13.2 Å². The third kappa shape index (κ3) is 8.67. The Morgan fingerprint density at radius 1 is 0.935 bits per heavy atom. The molecule has 1 amide bonds. The van der Waals surface area contributed by atoms with Crippen LogP contribution in [0.15, 0.2) is 48.5 Å². The molecule has 0 aliphatic heterocycles. The first-order chi connectivity index (χ1) is 14.5. The van der Waals surface area contributed by atoms with E-state index in [2.05, 4.69) is 18.7 Å². The molecule has 0 saturated heterocycles. The quantitative estimate of drug-likeness (QED) is 0.470. The number of carbonyl (C=O) groups is 1. The highest BCUT2D eigenvalue weighted by Gasteiger charge is 2.18. The van der Waals surface area contributed by atoms with Crippen molar-refractivity contribution in [2.24, 2.45) is 0 Å². The van der Waals surface area contributed by atoms with E-state index in [1.54, 1.807) is 12.0 Å². The zero-order valence-electron chi connectivity index (χ0n) is 19.2. The molecule has 2 rings (SSSR count). The maximum atomic E-state index is 13.0. The standard InChI is InChI=1S/C24H34N2O4.ClH/c1-6-25(7-2)15-16-26(20-9-8-10-23(17-20)28-5)24(27)18-29-21-11-13-22(14-12-21)30-19(3)4;/h8-14,17,19H,6-7,15-16,18H2,1-5H3;1H. The molecule has 2 aromatic carbocycles. The minimum atomic E-state index is -0.0992. The largest absolute Gasteiger partial charge is 0.497 e. The van der Waals surface area contributed by atoms with Crippen LogP contribution in [-0.2, 0) is 4.79 Å². The van der Waals surface area contributed by atoms with E-state index in [-0.39, 0.29) is 31.0 Å². The third-order valence-electron chi connectivity index (χ3n) is 4.76. The molecule has 2 aromatic rings. The Kier molecular flexibility index (Phi) is 11.8. The number of ether oxygens (including phenoxy) is 3. The van der Waals surface area contributed by atoms with Crippen LogP contribution in [0.3, 0.4) is 0 Å². The Hall–Kier alpha value is -2.44. The maximum Gasteiger partial charge on any atom is 0.264 e. The molecule has 0 atom stereocenters. The summed E-state index contributed by atoms with van der Waals surface area (Å²) < 4.78 is 16.7. The summed E-state index contributed by atoms with van der Waals surface area (Å²) in [5.74, 6) is 2.03. The first kappa shape index (κ1) is 26.6. The molecule has 0 bridgehead atoms. The molecular weight excluding hydrogens is 416 g/mol. The van der Waals surface area contributed by atoms with Crippen LogP contribution in [0.25, 0.3) is 0 Å². The van der Waals surface area contributed by atoms with Gasteiger partial charge in [-0.3, -0.25) is 4.79 Å². The summed E-state index contributed by atoms with van der Waals surface area (Å²) in [6, 6.07) is 14.9. The highest BCUT2D eigenvalue weighted by atomic mass is 35.5. The number of halogens is 1. The van der Waals surface area contributed by atoms with Gasteiger partial charge >= 0.3 is 0 Å². The topological polar surface area (TPSA) is 51.2 Å². The molecular formula is C24H35ClN2O4. The van der Waals surface area contributed by atoms with Crippen LogP contribution in [0.5, 0.6) is 17.2 Å². The van der Waals surface area contributed by atoms with Crippen LogP contribution in [0.4, 0.5) is 5.69 Å². The lowest BCUT2D eigenvalue weighted by Gasteiger charge is -2.27. The number of benzene rings is 2. The first-order valence-electron chi connectivity index (χ1n) is 10.5. The van der Waals surface area contributed by atoms with E-state index in [1.165, 1.54) is 0 Å². The smallest absolute Gasteiger partial charge is 0.264 e. The van der Waals surface area contributed by atoms with Gasteiger partial charge in [0.15, 0.2) is 6.61 Å². The highest BCUT2D eigenvalue weighted by Crippen LogP contribution is 2.22. The summed E-state index contributed by atoms with van der Waals surface area (Å²) >= 11 is 0. The van der Waals surface area contributed by atoms with Gasteiger partial charge in [0.1, 0.15) is 17.2 Å². The van der Waals surface area contributed by atoms with E-state index >= 15 is 0 Å². The zero-order valence-corrected chi connectivity index (χ0v) is 20.0. The van der Waals surface area contributed by atoms with Gasteiger partial charge in [-0.15, -0.1) is 12.4 Å². The Morgan fingerprint density at radius 3 is 2.16 bits per heavy atom. The molecule has 0 N–H and O–H groups in total. The van der Waals surface area contributed by atoms with Crippen LogP contribution < -0.4 is 19.1 Å². The predicted octanol–water partition coefficient (Wildman–Crippen LogP) is 4.66. The number of carbonyl (C=O) groups excluding carboxylic acids is 1. The van der Waals surface area contributed by atoms with Crippen LogP contribution in [0.1, 0.15) is 27.7 Å². The van der Waals surface area contributed by atoms with Crippen LogP contribution >= 0.6 is 12.4 Å². The summed E-state index contributed by atoms with van der Waals surface area (Å²) in [5.41, 5.74) is 0.802. The lowest BCUT2D eigenvalue weighted by atomic mass is 10.2. The number of hydrogen-bond acceptors (Lipinski definition) is 5. The normalized spacial score (nSPS) is 10.5. The lowest BCUT2D eigenvalue weighted by molar-refractivity contribution is -0.120. The zero-order chi connectivity index (χ0) is 21.9. The third-order valence-corrected chi connectivity index (χ3v) is 4.76. The molecule has 7 heteroatoms. The molecule has 31 heavy (non-hydrogen) atoms. The number of amides is 1.